The van der Waals surface area contributed by atoms with E-state index in [0.717, 1.165) is 17.7 Å². The lowest BCUT2D eigenvalue weighted by Crippen LogP contribution is -2.18. The van der Waals surface area contributed by atoms with Crippen LogP contribution in [-0.2, 0) is 16.0 Å². The van der Waals surface area contributed by atoms with E-state index in [0.29, 0.717) is 13.2 Å². The van der Waals surface area contributed by atoms with E-state index in [2.05, 4.69) is 6.92 Å². The molecule has 4 nitrogen and oxygen atoms in total. The van der Waals surface area contributed by atoms with Gasteiger partial charge in [-0.25, -0.2) is 0 Å². The molecule has 2 N–H and O–H groups in total. The summed E-state index contributed by atoms with van der Waals surface area (Å²) in [5.74, 6) is 0.468. The fourth-order valence-corrected chi connectivity index (χ4v) is 1.90. The van der Waals surface area contributed by atoms with Crippen molar-refractivity contribution in [2.75, 3.05) is 13.2 Å². The molecule has 19 heavy (non-hydrogen) atoms. The van der Waals surface area contributed by atoms with E-state index >= 15 is 0 Å². The highest BCUT2D eigenvalue weighted by Gasteiger charge is 2.17. The highest BCUT2D eigenvalue weighted by Crippen LogP contribution is 2.27. The number of carbonyl (C=O) groups is 1. The Morgan fingerprint density at radius 1 is 1.26 bits per heavy atom. The van der Waals surface area contributed by atoms with Crippen molar-refractivity contribution in [1.29, 1.82) is 0 Å². The van der Waals surface area contributed by atoms with E-state index in [1.807, 2.05) is 25.1 Å². The first-order chi connectivity index (χ1) is 9.12. The number of benzene rings is 1. The van der Waals surface area contributed by atoms with Crippen LogP contribution in [0.1, 0.15) is 44.4 Å². The van der Waals surface area contributed by atoms with Gasteiger partial charge in [-0.05, 0) is 31.9 Å². The largest absolute Gasteiger partial charge is 0.494 e. The second-order valence-corrected chi connectivity index (χ2v) is 4.27. The minimum Gasteiger partial charge on any atom is -0.494 e. The van der Waals surface area contributed by atoms with E-state index in [1.54, 1.807) is 6.92 Å². The second-order valence-electron chi connectivity index (χ2n) is 4.27. The molecule has 0 aliphatic carbocycles. The number of ether oxygens (including phenoxy) is 2. The number of carbonyl (C=O) groups excluding carboxylic acids is 1. The summed E-state index contributed by atoms with van der Waals surface area (Å²) in [7, 11) is 0. The minimum atomic E-state index is -0.396. The van der Waals surface area contributed by atoms with Gasteiger partial charge in [0, 0.05) is 11.6 Å². The molecule has 0 aliphatic heterocycles. The Morgan fingerprint density at radius 2 is 2.00 bits per heavy atom. The summed E-state index contributed by atoms with van der Waals surface area (Å²) < 4.78 is 10.5. The van der Waals surface area contributed by atoms with Crippen molar-refractivity contribution in [3.8, 4) is 5.75 Å². The van der Waals surface area contributed by atoms with Crippen LogP contribution >= 0.6 is 0 Å². The van der Waals surface area contributed by atoms with E-state index in [4.69, 9.17) is 15.2 Å². The molecule has 1 unspecified atom stereocenters. The quantitative estimate of drug-likeness (QED) is 0.770. The molecule has 0 saturated heterocycles. The molecule has 0 bridgehead atoms. The van der Waals surface area contributed by atoms with Crippen LogP contribution in [0, 0.1) is 0 Å². The Hall–Kier alpha value is -1.55. The van der Waals surface area contributed by atoms with Gasteiger partial charge in [0.2, 0.25) is 0 Å². The maximum atomic E-state index is 11.5. The molecule has 0 aromatic heterocycles. The monoisotopic (exact) mass is 265 g/mol. The highest BCUT2D eigenvalue weighted by molar-refractivity contribution is 5.70. The van der Waals surface area contributed by atoms with Crippen LogP contribution in [0.15, 0.2) is 18.2 Å². The molecule has 1 aromatic rings. The van der Waals surface area contributed by atoms with Crippen molar-refractivity contribution in [2.45, 2.75) is 39.7 Å². The molecule has 0 heterocycles. The third-order valence-corrected chi connectivity index (χ3v) is 2.87. The first-order valence-electron chi connectivity index (χ1n) is 6.79. The van der Waals surface area contributed by atoms with Gasteiger partial charge in [-0.1, -0.05) is 19.1 Å². The summed E-state index contributed by atoms with van der Waals surface area (Å²) in [6.45, 7) is 6.74. The summed E-state index contributed by atoms with van der Waals surface area (Å²) in [5.41, 5.74) is 8.15. The zero-order valence-corrected chi connectivity index (χ0v) is 11.9. The van der Waals surface area contributed by atoms with Gasteiger partial charge in [0.15, 0.2) is 0 Å². The van der Waals surface area contributed by atoms with Crippen molar-refractivity contribution >= 4 is 5.97 Å². The highest BCUT2D eigenvalue weighted by atomic mass is 16.5. The van der Waals surface area contributed by atoms with E-state index in [1.165, 1.54) is 5.56 Å². The zero-order chi connectivity index (χ0) is 14.3. The topological polar surface area (TPSA) is 61.5 Å². The molecule has 0 spiro atoms. The van der Waals surface area contributed by atoms with Crippen LogP contribution in [-0.4, -0.2) is 19.2 Å². The number of esters is 1. The molecular formula is C15H23NO3. The van der Waals surface area contributed by atoms with Crippen LogP contribution in [0.3, 0.4) is 0 Å². The number of rotatable bonds is 7. The molecule has 1 atom stereocenters. The van der Waals surface area contributed by atoms with Crippen LogP contribution in [0.4, 0.5) is 0 Å². The smallest absolute Gasteiger partial charge is 0.307 e. The number of nitrogens with two attached hydrogens (primary N) is 1. The zero-order valence-electron chi connectivity index (χ0n) is 11.9. The minimum absolute atomic E-state index is 0.168. The van der Waals surface area contributed by atoms with Gasteiger partial charge in [-0.3, -0.25) is 4.79 Å². The Morgan fingerprint density at radius 3 is 2.58 bits per heavy atom. The Kier molecular flexibility index (Phi) is 6.36. The van der Waals surface area contributed by atoms with Crippen molar-refractivity contribution in [3.63, 3.8) is 0 Å². The molecule has 0 saturated carbocycles. The predicted molar refractivity (Wildman–Crippen MR) is 75.2 cm³/mol. The summed E-state index contributed by atoms with van der Waals surface area (Å²) >= 11 is 0. The normalized spacial score (nSPS) is 12.0. The van der Waals surface area contributed by atoms with Crippen molar-refractivity contribution in [3.05, 3.63) is 29.3 Å². The molecule has 0 aliphatic rings. The number of hydrogen-bond donors (Lipinski definition) is 1. The number of aryl methyl sites for hydroxylation is 1. The SMILES string of the molecule is CCOC(=O)CC(N)c1cc(CC)ccc1OCC. The molecular weight excluding hydrogens is 242 g/mol. The number of hydrogen-bond acceptors (Lipinski definition) is 4. The van der Waals surface area contributed by atoms with E-state index in [9.17, 15) is 4.79 Å². The fraction of sp³-hybridized carbons (Fsp3) is 0.533. The summed E-state index contributed by atoms with van der Waals surface area (Å²) in [5, 5.41) is 0. The summed E-state index contributed by atoms with van der Waals surface area (Å²) in [6, 6.07) is 5.55. The molecule has 0 amide bonds. The Labute approximate surface area is 114 Å². The molecule has 0 radical (unpaired) electrons. The molecule has 1 aromatic carbocycles. The standard InChI is InChI=1S/C15H23NO3/c1-4-11-7-8-14(18-5-2)12(9-11)13(16)10-15(17)19-6-3/h7-9,13H,4-6,10,16H2,1-3H3. The maximum Gasteiger partial charge on any atom is 0.307 e. The molecule has 4 heteroatoms. The predicted octanol–water partition coefficient (Wildman–Crippen LogP) is 2.60. The van der Waals surface area contributed by atoms with Gasteiger partial charge in [0.05, 0.1) is 19.6 Å². The second kappa shape index (κ2) is 7.79. The first kappa shape index (κ1) is 15.5. The summed E-state index contributed by atoms with van der Waals surface area (Å²) in [6.07, 6.45) is 1.09. The van der Waals surface area contributed by atoms with Crippen molar-refractivity contribution in [1.82, 2.24) is 0 Å². The first-order valence-corrected chi connectivity index (χ1v) is 6.79. The maximum absolute atomic E-state index is 11.5. The Bertz CT molecular complexity index is 418. The molecule has 106 valence electrons. The van der Waals surface area contributed by atoms with E-state index < -0.39 is 6.04 Å². The van der Waals surface area contributed by atoms with Crippen molar-refractivity contribution < 1.29 is 14.3 Å². The lowest BCUT2D eigenvalue weighted by Gasteiger charge is -2.17. The lowest BCUT2D eigenvalue weighted by molar-refractivity contribution is -0.143. The Balaban J connectivity index is 2.91. The van der Waals surface area contributed by atoms with Gasteiger partial charge in [-0.15, -0.1) is 0 Å². The van der Waals surface area contributed by atoms with Crippen LogP contribution in [0.2, 0.25) is 0 Å². The molecule has 1 rings (SSSR count). The van der Waals surface area contributed by atoms with Gasteiger partial charge in [-0.2, -0.15) is 0 Å². The average molecular weight is 265 g/mol. The van der Waals surface area contributed by atoms with Gasteiger partial charge in [0.25, 0.3) is 0 Å². The van der Waals surface area contributed by atoms with Crippen molar-refractivity contribution in [2.24, 2.45) is 5.73 Å². The van der Waals surface area contributed by atoms with Gasteiger partial charge < -0.3 is 15.2 Å². The van der Waals surface area contributed by atoms with Gasteiger partial charge >= 0.3 is 5.97 Å². The lowest BCUT2D eigenvalue weighted by atomic mass is 10.00. The molecule has 0 fully saturated rings. The average Bonchev–Trinajstić information content (AvgIpc) is 2.39. The van der Waals surface area contributed by atoms with Crippen LogP contribution < -0.4 is 10.5 Å². The third-order valence-electron chi connectivity index (χ3n) is 2.87. The fourth-order valence-electron chi connectivity index (χ4n) is 1.90. The summed E-state index contributed by atoms with van der Waals surface area (Å²) in [4.78, 5) is 11.5. The van der Waals surface area contributed by atoms with E-state index in [-0.39, 0.29) is 12.4 Å². The van der Waals surface area contributed by atoms with Gasteiger partial charge in [0.1, 0.15) is 5.75 Å². The third kappa shape index (κ3) is 4.56. The van der Waals surface area contributed by atoms with Crippen LogP contribution in [0.5, 0.6) is 5.75 Å². The van der Waals surface area contributed by atoms with Crippen LogP contribution in [0.25, 0.3) is 0 Å².